The van der Waals surface area contributed by atoms with Crippen LogP contribution in [0.25, 0.3) is 0 Å². The molecular formula is C12H7F3N2O2S. The Bertz CT molecular complexity index is 647. The molecule has 0 saturated carbocycles. The Balaban J connectivity index is 2.26. The quantitative estimate of drug-likeness (QED) is 0.942. The Morgan fingerprint density at radius 1 is 1.25 bits per heavy atom. The molecule has 104 valence electrons. The molecule has 1 N–H and O–H groups in total. The molecule has 0 aliphatic rings. The van der Waals surface area contributed by atoms with E-state index >= 15 is 0 Å². The van der Waals surface area contributed by atoms with Gasteiger partial charge in [0.2, 0.25) is 0 Å². The normalized spacial score (nSPS) is 11.3. The van der Waals surface area contributed by atoms with E-state index in [-0.39, 0.29) is 10.7 Å². The van der Waals surface area contributed by atoms with Crippen LogP contribution in [0.3, 0.4) is 0 Å². The fraction of sp³-hybridized carbons (Fsp3) is 0.0833. The van der Waals surface area contributed by atoms with Crippen LogP contribution in [0.2, 0.25) is 0 Å². The third-order valence-corrected chi connectivity index (χ3v) is 3.11. The van der Waals surface area contributed by atoms with Gasteiger partial charge in [0.1, 0.15) is 16.4 Å². The lowest BCUT2D eigenvalue weighted by molar-refractivity contribution is -0.141. The topological polar surface area (TPSA) is 63.1 Å². The number of halogens is 3. The van der Waals surface area contributed by atoms with Crippen molar-refractivity contribution in [3.8, 4) is 0 Å². The number of alkyl halides is 3. The number of hydrogen-bond donors (Lipinski definition) is 1. The highest BCUT2D eigenvalue weighted by Gasteiger charge is 2.32. The molecule has 2 rings (SSSR count). The lowest BCUT2D eigenvalue weighted by atomic mass is 10.3. The van der Waals surface area contributed by atoms with E-state index < -0.39 is 17.8 Å². The van der Waals surface area contributed by atoms with Crippen LogP contribution in [-0.4, -0.2) is 21.0 Å². The van der Waals surface area contributed by atoms with Crippen LogP contribution in [0.5, 0.6) is 0 Å². The summed E-state index contributed by atoms with van der Waals surface area (Å²) in [5.74, 6) is -1.20. The fourth-order valence-corrected chi connectivity index (χ4v) is 2.17. The molecule has 0 atom stereocenters. The second kappa shape index (κ2) is 5.49. The molecule has 0 bridgehead atoms. The van der Waals surface area contributed by atoms with Crippen LogP contribution in [0, 0.1) is 0 Å². The molecule has 0 aliphatic carbocycles. The minimum atomic E-state index is -4.51. The minimum Gasteiger partial charge on any atom is -0.477 e. The Kier molecular flexibility index (Phi) is 3.93. The lowest BCUT2D eigenvalue weighted by Crippen LogP contribution is -2.07. The van der Waals surface area contributed by atoms with E-state index in [2.05, 4.69) is 9.97 Å². The zero-order chi connectivity index (χ0) is 14.8. The first kappa shape index (κ1) is 14.3. The number of hydrogen-bond acceptors (Lipinski definition) is 4. The van der Waals surface area contributed by atoms with Crippen LogP contribution in [0.4, 0.5) is 13.2 Å². The summed E-state index contributed by atoms with van der Waals surface area (Å²) in [4.78, 5) is 18.3. The van der Waals surface area contributed by atoms with Gasteiger partial charge in [-0.25, -0.2) is 14.8 Å². The average molecular weight is 300 g/mol. The highest BCUT2D eigenvalue weighted by atomic mass is 32.2. The van der Waals surface area contributed by atoms with Gasteiger partial charge in [-0.3, -0.25) is 0 Å². The highest BCUT2D eigenvalue weighted by molar-refractivity contribution is 7.99. The summed E-state index contributed by atoms with van der Waals surface area (Å²) in [6.45, 7) is 0. The molecule has 0 saturated heterocycles. The van der Waals surface area contributed by atoms with Crippen LogP contribution in [0.15, 0.2) is 46.5 Å². The second-order valence-corrected chi connectivity index (χ2v) is 4.74. The monoisotopic (exact) mass is 300 g/mol. The van der Waals surface area contributed by atoms with E-state index in [0.717, 1.165) is 17.8 Å². The van der Waals surface area contributed by atoms with Crippen molar-refractivity contribution in [2.45, 2.75) is 16.1 Å². The number of aromatic nitrogens is 2. The maximum absolute atomic E-state index is 12.5. The molecule has 0 fully saturated rings. The second-order valence-electron chi connectivity index (χ2n) is 3.64. The molecule has 0 aromatic carbocycles. The Morgan fingerprint density at radius 3 is 2.65 bits per heavy atom. The van der Waals surface area contributed by atoms with E-state index in [1.807, 2.05) is 0 Å². The van der Waals surface area contributed by atoms with Crippen LogP contribution in [-0.2, 0) is 6.18 Å². The van der Waals surface area contributed by atoms with Crippen LogP contribution in [0.1, 0.15) is 16.2 Å². The van der Waals surface area contributed by atoms with Crippen LogP contribution < -0.4 is 0 Å². The van der Waals surface area contributed by atoms with Gasteiger partial charge >= 0.3 is 12.1 Å². The van der Waals surface area contributed by atoms with E-state index in [9.17, 15) is 18.0 Å². The van der Waals surface area contributed by atoms with E-state index in [1.165, 1.54) is 30.5 Å². The van der Waals surface area contributed by atoms with Gasteiger partial charge in [-0.05, 0) is 24.3 Å². The average Bonchev–Trinajstić information content (AvgIpc) is 2.38. The molecule has 20 heavy (non-hydrogen) atoms. The number of rotatable bonds is 3. The Labute approximate surface area is 115 Å². The van der Waals surface area contributed by atoms with Gasteiger partial charge in [-0.15, -0.1) is 0 Å². The number of carbonyl (C=O) groups is 1. The zero-order valence-corrected chi connectivity index (χ0v) is 10.6. The number of carboxylic acids is 1. The van der Waals surface area contributed by atoms with Crippen molar-refractivity contribution >= 4 is 17.7 Å². The summed E-state index contributed by atoms with van der Waals surface area (Å²) < 4.78 is 37.6. The standard InChI is InChI=1S/C12H7F3N2O2S/c13-12(14,15)9-2-1-3-10(17-9)20-7-4-5-16-8(6-7)11(18)19/h1-6H,(H,18,19). The first-order valence-corrected chi connectivity index (χ1v) is 6.09. The summed E-state index contributed by atoms with van der Waals surface area (Å²) in [5, 5.41) is 8.92. The van der Waals surface area contributed by atoms with Crippen molar-refractivity contribution in [2.75, 3.05) is 0 Å². The molecular weight excluding hydrogens is 293 g/mol. The predicted molar refractivity (Wildman–Crippen MR) is 64.6 cm³/mol. The van der Waals surface area contributed by atoms with Crippen molar-refractivity contribution in [2.24, 2.45) is 0 Å². The molecule has 0 aliphatic heterocycles. The third-order valence-electron chi connectivity index (χ3n) is 2.19. The Hall–Kier alpha value is -2.09. The number of aromatic carboxylic acids is 1. The maximum atomic E-state index is 12.5. The van der Waals surface area contributed by atoms with Crippen molar-refractivity contribution in [3.63, 3.8) is 0 Å². The molecule has 0 radical (unpaired) electrons. The highest BCUT2D eigenvalue weighted by Crippen LogP contribution is 2.31. The van der Waals surface area contributed by atoms with Crippen molar-refractivity contribution < 1.29 is 23.1 Å². The zero-order valence-electron chi connectivity index (χ0n) is 9.76. The molecule has 8 heteroatoms. The smallest absolute Gasteiger partial charge is 0.433 e. The fourth-order valence-electron chi connectivity index (χ4n) is 1.34. The number of nitrogens with zero attached hydrogens (tertiary/aromatic N) is 2. The molecule has 4 nitrogen and oxygen atoms in total. The molecule has 0 spiro atoms. The third kappa shape index (κ3) is 3.47. The van der Waals surface area contributed by atoms with Gasteiger partial charge < -0.3 is 5.11 Å². The first-order valence-electron chi connectivity index (χ1n) is 5.28. The largest absolute Gasteiger partial charge is 0.477 e. The summed E-state index contributed by atoms with van der Waals surface area (Å²) in [6, 6.07) is 6.31. The summed E-state index contributed by atoms with van der Waals surface area (Å²) in [5.41, 5.74) is -1.17. The molecule has 2 heterocycles. The minimum absolute atomic E-state index is 0.127. The van der Waals surface area contributed by atoms with Gasteiger partial charge in [0.15, 0.2) is 0 Å². The van der Waals surface area contributed by atoms with E-state index in [1.54, 1.807) is 0 Å². The Morgan fingerprint density at radius 2 is 2.00 bits per heavy atom. The maximum Gasteiger partial charge on any atom is 0.433 e. The van der Waals surface area contributed by atoms with E-state index in [0.29, 0.717) is 4.90 Å². The predicted octanol–water partition coefficient (Wildman–Crippen LogP) is 3.34. The SMILES string of the molecule is O=C(O)c1cc(Sc2cccc(C(F)(F)F)n2)ccn1. The number of pyridine rings is 2. The van der Waals surface area contributed by atoms with Crippen molar-refractivity contribution in [3.05, 3.63) is 47.9 Å². The van der Waals surface area contributed by atoms with Gasteiger partial charge in [0, 0.05) is 11.1 Å². The van der Waals surface area contributed by atoms with E-state index in [4.69, 9.17) is 5.11 Å². The summed E-state index contributed by atoms with van der Waals surface area (Å²) in [6.07, 6.45) is -3.24. The van der Waals surface area contributed by atoms with Gasteiger partial charge in [-0.1, -0.05) is 17.8 Å². The molecule has 2 aromatic heterocycles. The lowest BCUT2D eigenvalue weighted by Gasteiger charge is -2.07. The summed E-state index contributed by atoms with van der Waals surface area (Å²) >= 11 is 0.935. The van der Waals surface area contributed by atoms with Gasteiger partial charge in [-0.2, -0.15) is 13.2 Å². The molecule has 0 unspecified atom stereocenters. The molecule has 2 aromatic rings. The molecule has 0 amide bonds. The van der Waals surface area contributed by atoms with Crippen molar-refractivity contribution in [1.82, 2.24) is 9.97 Å². The van der Waals surface area contributed by atoms with Crippen LogP contribution >= 0.6 is 11.8 Å². The first-order chi connectivity index (χ1) is 9.36. The summed E-state index contributed by atoms with van der Waals surface area (Å²) in [7, 11) is 0. The van der Waals surface area contributed by atoms with Gasteiger partial charge in [0.25, 0.3) is 0 Å². The number of carboxylic acid groups (broad SMARTS) is 1. The van der Waals surface area contributed by atoms with Gasteiger partial charge in [0.05, 0.1) is 0 Å². The van der Waals surface area contributed by atoms with Crippen molar-refractivity contribution in [1.29, 1.82) is 0 Å².